The van der Waals surface area contributed by atoms with Gasteiger partial charge in [0.05, 0.1) is 18.5 Å². The van der Waals surface area contributed by atoms with Crippen molar-refractivity contribution < 1.29 is 14.6 Å². The zero-order valence-corrected chi connectivity index (χ0v) is 10.2. The van der Waals surface area contributed by atoms with Crippen LogP contribution in [0.1, 0.15) is 19.5 Å². The third-order valence-electron chi connectivity index (χ3n) is 2.44. The van der Waals surface area contributed by atoms with Crippen LogP contribution in [0.2, 0.25) is 0 Å². The second-order valence-corrected chi connectivity index (χ2v) is 3.50. The van der Waals surface area contributed by atoms with Crippen LogP contribution in [0.5, 0.6) is 5.75 Å². The van der Waals surface area contributed by atoms with Crippen molar-refractivity contribution in [3.05, 3.63) is 24.0 Å². The second-order valence-electron chi connectivity index (χ2n) is 3.50. The Bertz CT molecular complexity index is 347. The van der Waals surface area contributed by atoms with Crippen molar-refractivity contribution in [3.63, 3.8) is 0 Å². The van der Waals surface area contributed by atoms with E-state index >= 15 is 0 Å². The van der Waals surface area contributed by atoms with Gasteiger partial charge in [-0.3, -0.25) is 9.78 Å². The highest BCUT2D eigenvalue weighted by molar-refractivity contribution is 5.77. The van der Waals surface area contributed by atoms with Crippen LogP contribution in [0, 0.1) is 0 Å². The number of likely N-dealkylation sites (N-methyl/N-ethyl adjacent to an activating group) is 1. The second kappa shape index (κ2) is 6.85. The van der Waals surface area contributed by atoms with Gasteiger partial charge in [0, 0.05) is 13.1 Å². The molecule has 0 radical (unpaired) electrons. The van der Waals surface area contributed by atoms with E-state index in [4.69, 9.17) is 9.84 Å². The first-order valence-corrected chi connectivity index (χ1v) is 5.67. The van der Waals surface area contributed by atoms with Gasteiger partial charge in [-0.15, -0.1) is 0 Å². The molecule has 0 saturated heterocycles. The van der Waals surface area contributed by atoms with Gasteiger partial charge >= 0.3 is 0 Å². The Morgan fingerprint density at radius 3 is 2.59 bits per heavy atom. The number of nitrogens with zero attached hydrogens (tertiary/aromatic N) is 2. The summed E-state index contributed by atoms with van der Waals surface area (Å²) in [6.45, 7) is 5.14. The first-order chi connectivity index (χ1) is 8.21. The van der Waals surface area contributed by atoms with E-state index < -0.39 is 0 Å². The molecule has 0 aliphatic heterocycles. The molecule has 1 rings (SSSR count). The summed E-state index contributed by atoms with van der Waals surface area (Å²) in [5, 5.41) is 8.82. The summed E-state index contributed by atoms with van der Waals surface area (Å²) in [5.41, 5.74) is 0.576. The molecule has 17 heavy (non-hydrogen) atoms. The molecule has 1 amide bonds. The number of aliphatic hydroxyl groups is 1. The molecule has 5 heteroatoms. The number of aromatic nitrogens is 1. The number of hydrogen-bond donors (Lipinski definition) is 1. The van der Waals surface area contributed by atoms with E-state index in [1.54, 1.807) is 17.0 Å². The van der Waals surface area contributed by atoms with Gasteiger partial charge in [0.2, 0.25) is 0 Å². The standard InChI is InChI=1S/C12H18N2O3/c1-3-14(4-2)12(16)9-17-11-6-5-10(8-15)13-7-11/h5-7,15H,3-4,8-9H2,1-2H3. The van der Waals surface area contributed by atoms with Crippen LogP contribution in [0.25, 0.3) is 0 Å². The molecular formula is C12H18N2O3. The lowest BCUT2D eigenvalue weighted by Gasteiger charge is -2.18. The molecule has 0 bridgehead atoms. The van der Waals surface area contributed by atoms with Crippen LogP contribution in [0.4, 0.5) is 0 Å². The predicted molar refractivity (Wildman–Crippen MR) is 63.6 cm³/mol. The molecule has 0 spiro atoms. The van der Waals surface area contributed by atoms with E-state index in [9.17, 15) is 4.79 Å². The van der Waals surface area contributed by atoms with Gasteiger partial charge in [-0.1, -0.05) is 0 Å². The van der Waals surface area contributed by atoms with Crippen molar-refractivity contribution in [2.24, 2.45) is 0 Å². The van der Waals surface area contributed by atoms with E-state index in [-0.39, 0.29) is 19.1 Å². The molecule has 5 nitrogen and oxygen atoms in total. The molecule has 0 aliphatic carbocycles. The summed E-state index contributed by atoms with van der Waals surface area (Å²) in [6, 6.07) is 3.35. The van der Waals surface area contributed by atoms with Crippen LogP contribution in [-0.2, 0) is 11.4 Å². The summed E-state index contributed by atoms with van der Waals surface area (Å²) in [6.07, 6.45) is 1.50. The van der Waals surface area contributed by atoms with Crippen LogP contribution < -0.4 is 4.74 Å². The van der Waals surface area contributed by atoms with Crippen LogP contribution in [0.15, 0.2) is 18.3 Å². The molecule has 94 valence electrons. The minimum atomic E-state index is -0.0986. The van der Waals surface area contributed by atoms with Crippen LogP contribution >= 0.6 is 0 Å². The van der Waals surface area contributed by atoms with Crippen molar-refractivity contribution >= 4 is 5.91 Å². The average molecular weight is 238 g/mol. The monoisotopic (exact) mass is 238 g/mol. The lowest BCUT2D eigenvalue weighted by Crippen LogP contribution is -2.34. The van der Waals surface area contributed by atoms with E-state index in [2.05, 4.69) is 4.98 Å². The summed E-state index contributed by atoms with van der Waals surface area (Å²) < 4.78 is 5.32. The highest BCUT2D eigenvalue weighted by atomic mass is 16.5. The minimum Gasteiger partial charge on any atom is -0.482 e. The number of pyridine rings is 1. The van der Waals surface area contributed by atoms with Crippen molar-refractivity contribution in [1.82, 2.24) is 9.88 Å². The van der Waals surface area contributed by atoms with E-state index in [0.717, 1.165) is 0 Å². The van der Waals surface area contributed by atoms with Gasteiger partial charge in [0.15, 0.2) is 6.61 Å². The smallest absolute Gasteiger partial charge is 0.260 e. The Kier molecular flexibility index (Phi) is 5.42. The third-order valence-corrected chi connectivity index (χ3v) is 2.44. The Morgan fingerprint density at radius 1 is 1.41 bits per heavy atom. The summed E-state index contributed by atoms with van der Waals surface area (Å²) in [7, 11) is 0. The van der Waals surface area contributed by atoms with Gasteiger partial charge in [-0.05, 0) is 26.0 Å². The van der Waals surface area contributed by atoms with Gasteiger partial charge < -0.3 is 14.7 Å². The van der Waals surface area contributed by atoms with E-state index in [0.29, 0.717) is 24.5 Å². The number of aliphatic hydroxyl groups excluding tert-OH is 1. The van der Waals surface area contributed by atoms with Crippen molar-refractivity contribution in [3.8, 4) is 5.75 Å². The maximum Gasteiger partial charge on any atom is 0.260 e. The van der Waals surface area contributed by atoms with Crippen molar-refractivity contribution in [1.29, 1.82) is 0 Å². The Morgan fingerprint density at radius 2 is 2.12 bits per heavy atom. The maximum absolute atomic E-state index is 11.6. The lowest BCUT2D eigenvalue weighted by atomic mass is 10.3. The zero-order chi connectivity index (χ0) is 12.7. The molecule has 0 saturated carbocycles. The zero-order valence-electron chi connectivity index (χ0n) is 10.2. The highest BCUT2D eigenvalue weighted by Crippen LogP contribution is 2.09. The number of carbonyl (C=O) groups is 1. The first kappa shape index (κ1) is 13.4. The molecule has 0 aromatic carbocycles. The van der Waals surface area contributed by atoms with Crippen molar-refractivity contribution in [2.75, 3.05) is 19.7 Å². The normalized spacial score (nSPS) is 10.1. The van der Waals surface area contributed by atoms with E-state index in [1.165, 1.54) is 6.20 Å². The molecular weight excluding hydrogens is 220 g/mol. The SMILES string of the molecule is CCN(CC)C(=O)COc1ccc(CO)nc1. The molecule has 0 aliphatic rings. The fourth-order valence-electron chi connectivity index (χ4n) is 1.40. The molecule has 1 aromatic rings. The lowest BCUT2D eigenvalue weighted by molar-refractivity contribution is -0.132. The van der Waals surface area contributed by atoms with E-state index in [1.807, 2.05) is 13.8 Å². The quantitative estimate of drug-likeness (QED) is 0.797. The number of hydrogen-bond acceptors (Lipinski definition) is 4. The molecule has 1 N–H and O–H groups in total. The first-order valence-electron chi connectivity index (χ1n) is 5.67. The minimum absolute atomic E-state index is 0.0157. The number of rotatable bonds is 6. The van der Waals surface area contributed by atoms with Gasteiger partial charge in [0.25, 0.3) is 5.91 Å². The fourth-order valence-corrected chi connectivity index (χ4v) is 1.40. The predicted octanol–water partition coefficient (Wildman–Crippen LogP) is 0.821. The van der Waals surface area contributed by atoms with Crippen LogP contribution in [-0.4, -0.2) is 40.6 Å². The molecule has 1 heterocycles. The molecule has 0 unspecified atom stereocenters. The van der Waals surface area contributed by atoms with Gasteiger partial charge in [-0.2, -0.15) is 0 Å². The Balaban J connectivity index is 2.46. The summed E-state index contributed by atoms with van der Waals surface area (Å²) >= 11 is 0. The summed E-state index contributed by atoms with van der Waals surface area (Å²) in [5.74, 6) is 0.490. The van der Waals surface area contributed by atoms with Crippen LogP contribution in [0.3, 0.4) is 0 Å². The fraction of sp³-hybridized carbons (Fsp3) is 0.500. The number of amides is 1. The number of ether oxygens (including phenoxy) is 1. The topological polar surface area (TPSA) is 62.7 Å². The largest absolute Gasteiger partial charge is 0.482 e. The molecule has 0 fully saturated rings. The summed E-state index contributed by atoms with van der Waals surface area (Å²) in [4.78, 5) is 17.3. The average Bonchev–Trinajstić information content (AvgIpc) is 2.38. The van der Waals surface area contributed by atoms with Gasteiger partial charge in [-0.25, -0.2) is 0 Å². The third kappa shape index (κ3) is 4.03. The number of carbonyl (C=O) groups excluding carboxylic acids is 1. The Hall–Kier alpha value is -1.62. The van der Waals surface area contributed by atoms with Crippen molar-refractivity contribution in [2.45, 2.75) is 20.5 Å². The maximum atomic E-state index is 11.6. The molecule has 0 atom stereocenters. The Labute approximate surface area is 101 Å². The van der Waals surface area contributed by atoms with Gasteiger partial charge in [0.1, 0.15) is 5.75 Å². The highest BCUT2D eigenvalue weighted by Gasteiger charge is 2.09. The molecule has 1 aromatic heterocycles.